The first kappa shape index (κ1) is 19.0. The molecule has 1 aliphatic rings. The second kappa shape index (κ2) is 8.58. The van der Waals surface area contributed by atoms with Gasteiger partial charge in [-0.3, -0.25) is 4.79 Å². The number of hydrogen-bond donors (Lipinski definition) is 2. The van der Waals surface area contributed by atoms with E-state index in [4.69, 9.17) is 21.1 Å². The van der Waals surface area contributed by atoms with Gasteiger partial charge >= 0.3 is 0 Å². The number of ether oxygens (including phenoxy) is 2. The monoisotopic (exact) mass is 348 g/mol. The van der Waals surface area contributed by atoms with Crippen molar-refractivity contribution in [2.75, 3.05) is 27.3 Å². The molecule has 124 valence electrons. The molecule has 2 rings (SSSR count). The molecule has 1 aromatic carbocycles. The normalized spacial score (nSPS) is 16.5. The highest BCUT2D eigenvalue weighted by molar-refractivity contribution is 6.32. The van der Waals surface area contributed by atoms with E-state index < -0.39 is 5.60 Å². The molecule has 1 aromatic rings. The Labute approximate surface area is 142 Å². The maximum Gasteiger partial charge on any atom is 0.252 e. The van der Waals surface area contributed by atoms with E-state index in [-0.39, 0.29) is 18.3 Å². The number of carbonyl (C=O) groups is 1. The number of benzene rings is 1. The van der Waals surface area contributed by atoms with Crippen molar-refractivity contribution >= 4 is 29.9 Å². The third-order valence-corrected chi connectivity index (χ3v) is 4.18. The Morgan fingerprint density at radius 2 is 2.05 bits per heavy atom. The molecule has 0 aromatic heterocycles. The van der Waals surface area contributed by atoms with Crippen LogP contribution in [0.25, 0.3) is 0 Å². The number of carbonyl (C=O) groups excluding carboxylic acids is 1. The molecule has 0 radical (unpaired) electrons. The van der Waals surface area contributed by atoms with Gasteiger partial charge in [0.25, 0.3) is 5.91 Å². The van der Waals surface area contributed by atoms with Crippen molar-refractivity contribution in [3.63, 3.8) is 0 Å². The summed E-state index contributed by atoms with van der Waals surface area (Å²) in [5.74, 6) is 0.553. The zero-order chi connectivity index (χ0) is 15.3. The van der Waals surface area contributed by atoms with Crippen molar-refractivity contribution in [1.82, 2.24) is 10.6 Å². The SMILES string of the molecule is COc1ccc(CNC(=O)C2(OC)CCNCC2)cc1Cl.Cl. The van der Waals surface area contributed by atoms with E-state index in [9.17, 15) is 4.79 Å². The van der Waals surface area contributed by atoms with Crippen LogP contribution in [0.1, 0.15) is 18.4 Å². The molecule has 0 atom stereocenters. The molecular formula is C15H22Cl2N2O3. The van der Waals surface area contributed by atoms with Gasteiger partial charge in [0, 0.05) is 13.7 Å². The van der Waals surface area contributed by atoms with Crippen LogP contribution in [-0.2, 0) is 16.1 Å². The molecule has 1 heterocycles. The van der Waals surface area contributed by atoms with E-state index >= 15 is 0 Å². The van der Waals surface area contributed by atoms with Gasteiger partial charge in [-0.25, -0.2) is 0 Å². The summed E-state index contributed by atoms with van der Waals surface area (Å²) in [4.78, 5) is 12.4. The predicted molar refractivity (Wildman–Crippen MR) is 88.9 cm³/mol. The molecule has 1 saturated heterocycles. The molecule has 1 amide bonds. The van der Waals surface area contributed by atoms with Crippen LogP contribution >= 0.6 is 24.0 Å². The quantitative estimate of drug-likeness (QED) is 0.855. The van der Waals surface area contributed by atoms with Crippen LogP contribution < -0.4 is 15.4 Å². The summed E-state index contributed by atoms with van der Waals surface area (Å²) < 4.78 is 10.6. The minimum Gasteiger partial charge on any atom is -0.495 e. The maximum atomic E-state index is 12.4. The molecule has 0 bridgehead atoms. The lowest BCUT2D eigenvalue weighted by molar-refractivity contribution is -0.146. The average Bonchev–Trinajstić information content (AvgIpc) is 2.53. The van der Waals surface area contributed by atoms with Gasteiger partial charge in [-0.15, -0.1) is 12.4 Å². The molecule has 22 heavy (non-hydrogen) atoms. The van der Waals surface area contributed by atoms with Gasteiger partial charge in [0.2, 0.25) is 0 Å². The molecule has 5 nitrogen and oxygen atoms in total. The molecule has 2 N–H and O–H groups in total. The van der Waals surface area contributed by atoms with Crippen LogP contribution in [0.15, 0.2) is 18.2 Å². The Kier molecular flexibility index (Phi) is 7.42. The lowest BCUT2D eigenvalue weighted by Gasteiger charge is -2.34. The third kappa shape index (κ3) is 4.26. The minimum atomic E-state index is -0.721. The van der Waals surface area contributed by atoms with Crippen LogP contribution in [0.5, 0.6) is 5.75 Å². The van der Waals surface area contributed by atoms with Crippen molar-refractivity contribution < 1.29 is 14.3 Å². The summed E-state index contributed by atoms with van der Waals surface area (Å²) >= 11 is 6.08. The van der Waals surface area contributed by atoms with Crippen LogP contribution in [0.2, 0.25) is 5.02 Å². The lowest BCUT2D eigenvalue weighted by Crippen LogP contribution is -2.53. The Hall–Kier alpha value is -1.01. The predicted octanol–water partition coefficient (Wildman–Crippen LogP) is 2.16. The number of methoxy groups -OCH3 is 2. The highest BCUT2D eigenvalue weighted by atomic mass is 35.5. The number of rotatable bonds is 5. The Balaban J connectivity index is 0.00000242. The second-order valence-corrected chi connectivity index (χ2v) is 5.51. The number of halogens is 2. The summed E-state index contributed by atoms with van der Waals surface area (Å²) in [6, 6.07) is 5.47. The molecule has 0 saturated carbocycles. The first-order valence-electron chi connectivity index (χ1n) is 6.98. The number of piperidine rings is 1. The minimum absolute atomic E-state index is 0. The van der Waals surface area contributed by atoms with E-state index in [2.05, 4.69) is 10.6 Å². The Morgan fingerprint density at radius 1 is 1.36 bits per heavy atom. The zero-order valence-electron chi connectivity index (χ0n) is 12.8. The molecule has 0 unspecified atom stereocenters. The molecule has 1 fully saturated rings. The van der Waals surface area contributed by atoms with Crippen molar-refractivity contribution in [2.24, 2.45) is 0 Å². The number of amides is 1. The molecular weight excluding hydrogens is 327 g/mol. The van der Waals surface area contributed by atoms with Crippen molar-refractivity contribution in [3.05, 3.63) is 28.8 Å². The van der Waals surface area contributed by atoms with Crippen LogP contribution in [-0.4, -0.2) is 38.8 Å². The highest BCUT2D eigenvalue weighted by Gasteiger charge is 2.39. The van der Waals surface area contributed by atoms with E-state index in [0.717, 1.165) is 18.7 Å². The van der Waals surface area contributed by atoms with Crippen molar-refractivity contribution in [2.45, 2.75) is 25.0 Å². The summed E-state index contributed by atoms with van der Waals surface area (Å²) in [6.07, 6.45) is 1.36. The maximum absolute atomic E-state index is 12.4. The first-order valence-corrected chi connectivity index (χ1v) is 7.36. The zero-order valence-corrected chi connectivity index (χ0v) is 14.4. The van der Waals surface area contributed by atoms with Crippen LogP contribution in [0, 0.1) is 0 Å². The van der Waals surface area contributed by atoms with Crippen LogP contribution in [0.3, 0.4) is 0 Å². The lowest BCUT2D eigenvalue weighted by atomic mass is 9.91. The van der Waals surface area contributed by atoms with E-state index in [1.807, 2.05) is 6.07 Å². The highest BCUT2D eigenvalue weighted by Crippen LogP contribution is 2.26. The fourth-order valence-electron chi connectivity index (χ4n) is 2.52. The summed E-state index contributed by atoms with van der Waals surface area (Å²) in [7, 11) is 3.16. The standard InChI is InChI=1S/C15H21ClN2O3.ClH/c1-20-13-4-3-11(9-12(13)16)10-18-14(19)15(21-2)5-7-17-8-6-15;/h3-4,9,17H,5-8,10H2,1-2H3,(H,18,19);1H. The summed E-state index contributed by atoms with van der Waals surface area (Å²) in [6.45, 7) is 1.99. The van der Waals surface area contributed by atoms with E-state index in [1.54, 1.807) is 26.4 Å². The molecule has 0 spiro atoms. The smallest absolute Gasteiger partial charge is 0.252 e. The van der Waals surface area contributed by atoms with Gasteiger partial charge < -0.3 is 20.1 Å². The van der Waals surface area contributed by atoms with Crippen LogP contribution in [0.4, 0.5) is 0 Å². The first-order chi connectivity index (χ1) is 10.1. The molecule has 0 aliphatic carbocycles. The van der Waals surface area contributed by atoms with Crippen molar-refractivity contribution in [3.8, 4) is 5.75 Å². The molecule has 1 aliphatic heterocycles. The number of hydrogen-bond acceptors (Lipinski definition) is 4. The van der Waals surface area contributed by atoms with E-state index in [1.165, 1.54) is 0 Å². The van der Waals surface area contributed by atoms with Crippen molar-refractivity contribution in [1.29, 1.82) is 0 Å². The van der Waals surface area contributed by atoms with Gasteiger partial charge in [-0.2, -0.15) is 0 Å². The van der Waals surface area contributed by atoms with Gasteiger partial charge in [-0.05, 0) is 43.6 Å². The Bertz CT molecular complexity index is 506. The average molecular weight is 349 g/mol. The molecule has 7 heteroatoms. The fraction of sp³-hybridized carbons (Fsp3) is 0.533. The summed E-state index contributed by atoms with van der Waals surface area (Å²) in [5.41, 5.74) is 0.205. The fourth-order valence-corrected chi connectivity index (χ4v) is 2.80. The third-order valence-electron chi connectivity index (χ3n) is 3.89. The van der Waals surface area contributed by atoms with E-state index in [0.29, 0.717) is 30.2 Å². The van der Waals surface area contributed by atoms with Gasteiger partial charge in [0.1, 0.15) is 11.4 Å². The van der Waals surface area contributed by atoms with Gasteiger partial charge in [0.05, 0.1) is 12.1 Å². The number of nitrogens with one attached hydrogen (secondary N) is 2. The Morgan fingerprint density at radius 3 is 2.59 bits per heavy atom. The topological polar surface area (TPSA) is 59.6 Å². The second-order valence-electron chi connectivity index (χ2n) is 5.10. The largest absolute Gasteiger partial charge is 0.495 e. The van der Waals surface area contributed by atoms with Gasteiger partial charge in [0.15, 0.2) is 0 Å². The van der Waals surface area contributed by atoms with Gasteiger partial charge in [-0.1, -0.05) is 17.7 Å². The summed E-state index contributed by atoms with van der Waals surface area (Å²) in [5, 5.41) is 6.70.